The van der Waals surface area contributed by atoms with Gasteiger partial charge in [0.15, 0.2) is 0 Å². The zero-order valence-corrected chi connectivity index (χ0v) is 13.8. The van der Waals surface area contributed by atoms with Crippen molar-refractivity contribution in [1.29, 1.82) is 0 Å². The standard InChI is InChI=1S/C16H30N4/c1-6-10-14-18-15(17-9-4)13(5)16(19-14)20(11-7-2)12-8-3/h6-12H2,1-5H3,(H,17,18,19). The summed E-state index contributed by atoms with van der Waals surface area (Å²) in [5.74, 6) is 3.07. The first-order valence-electron chi connectivity index (χ1n) is 8.04. The van der Waals surface area contributed by atoms with Crippen molar-refractivity contribution in [3.8, 4) is 0 Å². The van der Waals surface area contributed by atoms with Gasteiger partial charge >= 0.3 is 0 Å². The monoisotopic (exact) mass is 278 g/mol. The molecule has 20 heavy (non-hydrogen) atoms. The molecule has 1 aromatic rings. The molecular formula is C16H30N4. The van der Waals surface area contributed by atoms with Gasteiger partial charge in [0.25, 0.3) is 0 Å². The Balaban J connectivity index is 3.18. The molecule has 0 aromatic carbocycles. The lowest BCUT2D eigenvalue weighted by Crippen LogP contribution is -2.27. The van der Waals surface area contributed by atoms with Gasteiger partial charge in [-0.1, -0.05) is 20.8 Å². The molecule has 0 bridgehead atoms. The van der Waals surface area contributed by atoms with Crippen LogP contribution in [-0.4, -0.2) is 29.6 Å². The number of aryl methyl sites for hydroxylation is 1. The SMILES string of the molecule is CCCc1nc(NCC)c(C)c(N(CCC)CCC)n1. The lowest BCUT2D eigenvalue weighted by atomic mass is 10.2. The number of hydrogen-bond donors (Lipinski definition) is 1. The van der Waals surface area contributed by atoms with Crippen LogP contribution in [0.4, 0.5) is 11.6 Å². The van der Waals surface area contributed by atoms with Crippen molar-refractivity contribution in [2.75, 3.05) is 29.9 Å². The van der Waals surface area contributed by atoms with Crippen molar-refractivity contribution in [2.24, 2.45) is 0 Å². The molecule has 0 amide bonds. The van der Waals surface area contributed by atoms with Gasteiger partial charge in [-0.2, -0.15) is 0 Å². The van der Waals surface area contributed by atoms with Gasteiger partial charge in [0.1, 0.15) is 17.5 Å². The van der Waals surface area contributed by atoms with E-state index in [9.17, 15) is 0 Å². The molecule has 1 N–H and O–H groups in total. The Morgan fingerprint density at radius 1 is 0.950 bits per heavy atom. The predicted octanol–water partition coefficient (Wildman–Crippen LogP) is 3.80. The Morgan fingerprint density at radius 2 is 1.60 bits per heavy atom. The lowest BCUT2D eigenvalue weighted by Gasteiger charge is -2.26. The molecule has 0 spiro atoms. The largest absolute Gasteiger partial charge is 0.370 e. The molecule has 1 rings (SSSR count). The summed E-state index contributed by atoms with van der Waals surface area (Å²) in [4.78, 5) is 11.9. The molecular weight excluding hydrogens is 248 g/mol. The fourth-order valence-electron chi connectivity index (χ4n) is 2.40. The van der Waals surface area contributed by atoms with E-state index in [0.717, 1.165) is 62.8 Å². The van der Waals surface area contributed by atoms with Crippen molar-refractivity contribution in [3.05, 3.63) is 11.4 Å². The number of rotatable bonds is 9. The van der Waals surface area contributed by atoms with Crippen molar-refractivity contribution >= 4 is 11.6 Å². The Hall–Kier alpha value is -1.32. The van der Waals surface area contributed by atoms with Crippen LogP contribution in [0.3, 0.4) is 0 Å². The van der Waals surface area contributed by atoms with E-state index in [-0.39, 0.29) is 0 Å². The summed E-state index contributed by atoms with van der Waals surface area (Å²) < 4.78 is 0. The maximum atomic E-state index is 4.82. The molecule has 0 aliphatic rings. The second kappa shape index (κ2) is 8.77. The summed E-state index contributed by atoms with van der Waals surface area (Å²) in [6.45, 7) is 13.9. The first kappa shape index (κ1) is 16.7. The van der Waals surface area contributed by atoms with Gasteiger partial charge in [-0.15, -0.1) is 0 Å². The van der Waals surface area contributed by atoms with Crippen LogP contribution in [0.5, 0.6) is 0 Å². The highest BCUT2D eigenvalue weighted by Crippen LogP contribution is 2.24. The van der Waals surface area contributed by atoms with Gasteiger partial charge < -0.3 is 10.2 Å². The molecule has 4 heteroatoms. The molecule has 0 atom stereocenters. The molecule has 0 unspecified atom stereocenters. The molecule has 0 radical (unpaired) electrons. The predicted molar refractivity (Wildman–Crippen MR) is 87.7 cm³/mol. The Morgan fingerprint density at radius 3 is 2.10 bits per heavy atom. The fraction of sp³-hybridized carbons (Fsp3) is 0.750. The Bertz CT molecular complexity index is 398. The maximum absolute atomic E-state index is 4.82. The molecule has 0 saturated carbocycles. The Kier molecular flexibility index (Phi) is 7.34. The van der Waals surface area contributed by atoms with E-state index < -0.39 is 0 Å². The average molecular weight is 278 g/mol. The normalized spacial score (nSPS) is 10.7. The molecule has 1 heterocycles. The zero-order chi connectivity index (χ0) is 15.0. The average Bonchev–Trinajstić information content (AvgIpc) is 2.42. The highest BCUT2D eigenvalue weighted by molar-refractivity contribution is 5.58. The summed E-state index contributed by atoms with van der Waals surface area (Å²) in [6.07, 6.45) is 4.31. The third-order valence-corrected chi connectivity index (χ3v) is 3.27. The second-order valence-electron chi connectivity index (χ2n) is 5.20. The van der Waals surface area contributed by atoms with Gasteiger partial charge in [-0.25, -0.2) is 9.97 Å². The summed E-state index contributed by atoms with van der Waals surface area (Å²) in [6, 6.07) is 0. The molecule has 4 nitrogen and oxygen atoms in total. The highest BCUT2D eigenvalue weighted by Gasteiger charge is 2.15. The minimum atomic E-state index is 0.893. The van der Waals surface area contributed by atoms with Crippen LogP contribution in [0.15, 0.2) is 0 Å². The quantitative estimate of drug-likeness (QED) is 0.746. The number of anilines is 2. The van der Waals surface area contributed by atoms with E-state index in [1.165, 1.54) is 5.56 Å². The third kappa shape index (κ3) is 4.36. The summed E-state index contributed by atoms with van der Waals surface area (Å²) in [5.41, 5.74) is 1.17. The van der Waals surface area contributed by atoms with Crippen LogP contribution in [0.25, 0.3) is 0 Å². The summed E-state index contributed by atoms with van der Waals surface area (Å²) in [7, 11) is 0. The van der Waals surface area contributed by atoms with Crippen LogP contribution in [0.2, 0.25) is 0 Å². The molecule has 1 aromatic heterocycles. The van der Waals surface area contributed by atoms with E-state index >= 15 is 0 Å². The molecule has 0 aliphatic carbocycles. The van der Waals surface area contributed by atoms with Gasteiger partial charge in [-0.3, -0.25) is 0 Å². The van der Waals surface area contributed by atoms with Crippen LogP contribution < -0.4 is 10.2 Å². The summed E-state index contributed by atoms with van der Waals surface area (Å²) in [5, 5.41) is 3.38. The van der Waals surface area contributed by atoms with Crippen molar-refractivity contribution in [3.63, 3.8) is 0 Å². The molecule has 114 valence electrons. The van der Waals surface area contributed by atoms with Crippen molar-refractivity contribution in [1.82, 2.24) is 9.97 Å². The number of aromatic nitrogens is 2. The van der Waals surface area contributed by atoms with E-state index in [1.807, 2.05) is 0 Å². The molecule has 0 aliphatic heterocycles. The van der Waals surface area contributed by atoms with E-state index in [2.05, 4.69) is 49.8 Å². The molecule has 0 fully saturated rings. The topological polar surface area (TPSA) is 41.1 Å². The van der Waals surface area contributed by atoms with Gasteiger partial charge in [0.05, 0.1) is 0 Å². The lowest BCUT2D eigenvalue weighted by molar-refractivity contribution is 0.720. The van der Waals surface area contributed by atoms with Gasteiger partial charge in [0.2, 0.25) is 0 Å². The minimum absolute atomic E-state index is 0.893. The third-order valence-electron chi connectivity index (χ3n) is 3.27. The minimum Gasteiger partial charge on any atom is -0.370 e. The van der Waals surface area contributed by atoms with E-state index in [1.54, 1.807) is 0 Å². The van der Waals surface area contributed by atoms with E-state index in [4.69, 9.17) is 4.98 Å². The van der Waals surface area contributed by atoms with E-state index in [0.29, 0.717) is 0 Å². The summed E-state index contributed by atoms with van der Waals surface area (Å²) >= 11 is 0. The maximum Gasteiger partial charge on any atom is 0.137 e. The van der Waals surface area contributed by atoms with Crippen LogP contribution in [0, 0.1) is 6.92 Å². The van der Waals surface area contributed by atoms with Crippen molar-refractivity contribution < 1.29 is 0 Å². The first-order valence-corrected chi connectivity index (χ1v) is 8.04. The zero-order valence-electron chi connectivity index (χ0n) is 13.8. The smallest absolute Gasteiger partial charge is 0.137 e. The first-order chi connectivity index (χ1) is 9.67. The Labute approximate surface area is 124 Å². The van der Waals surface area contributed by atoms with Gasteiger partial charge in [-0.05, 0) is 33.1 Å². The van der Waals surface area contributed by atoms with Crippen LogP contribution >= 0.6 is 0 Å². The number of nitrogens with one attached hydrogen (secondary N) is 1. The fourth-order valence-corrected chi connectivity index (χ4v) is 2.40. The number of hydrogen-bond acceptors (Lipinski definition) is 4. The number of nitrogens with zero attached hydrogens (tertiary/aromatic N) is 3. The van der Waals surface area contributed by atoms with Crippen molar-refractivity contribution in [2.45, 2.75) is 60.3 Å². The van der Waals surface area contributed by atoms with Crippen LogP contribution in [0.1, 0.15) is 58.3 Å². The second-order valence-corrected chi connectivity index (χ2v) is 5.20. The molecule has 0 saturated heterocycles. The van der Waals surface area contributed by atoms with Gasteiger partial charge in [0, 0.05) is 31.6 Å². The highest BCUT2D eigenvalue weighted by atomic mass is 15.2. The van der Waals surface area contributed by atoms with Crippen LogP contribution in [-0.2, 0) is 6.42 Å².